The van der Waals surface area contributed by atoms with E-state index >= 15 is 0 Å². The van der Waals surface area contributed by atoms with E-state index in [0.29, 0.717) is 17.9 Å². The first kappa shape index (κ1) is 16.4. The van der Waals surface area contributed by atoms with Gasteiger partial charge in [-0.25, -0.2) is 4.79 Å². The summed E-state index contributed by atoms with van der Waals surface area (Å²) in [5.74, 6) is 2.43. The molecule has 0 unspecified atom stereocenters. The zero-order valence-electron chi connectivity index (χ0n) is 13.3. The lowest BCUT2D eigenvalue weighted by molar-refractivity contribution is -0.135. The second kappa shape index (κ2) is 7.40. The van der Waals surface area contributed by atoms with E-state index < -0.39 is 5.97 Å². The van der Waals surface area contributed by atoms with Crippen molar-refractivity contribution in [2.24, 2.45) is 0 Å². The fraction of sp³-hybridized carbons (Fsp3) is 0.625. The minimum absolute atomic E-state index is 0.103. The van der Waals surface area contributed by atoms with Crippen molar-refractivity contribution in [1.82, 2.24) is 9.80 Å². The molecule has 2 fully saturated rings. The molecule has 1 atom stereocenters. The van der Waals surface area contributed by atoms with E-state index in [1.54, 1.807) is 6.07 Å². The maximum Gasteiger partial charge on any atom is 0.341 e. The highest BCUT2D eigenvalue weighted by atomic mass is 32.2. The predicted octanol–water partition coefficient (Wildman–Crippen LogP) is 1.61. The summed E-state index contributed by atoms with van der Waals surface area (Å²) in [6.45, 7) is 2.99. The third kappa shape index (κ3) is 3.55. The topological polar surface area (TPSA) is 63.0 Å². The Morgan fingerprint density at radius 1 is 1.35 bits per heavy atom. The zero-order valence-corrected chi connectivity index (χ0v) is 14.1. The van der Waals surface area contributed by atoms with Crippen molar-refractivity contribution in [3.8, 4) is 0 Å². The number of hydrogen-bond acceptors (Lipinski definition) is 6. The lowest BCUT2D eigenvalue weighted by Gasteiger charge is -2.32. The fourth-order valence-electron chi connectivity index (χ4n) is 3.23. The van der Waals surface area contributed by atoms with Gasteiger partial charge < -0.3 is 14.1 Å². The second-order valence-corrected chi connectivity index (χ2v) is 7.04. The molecule has 2 aliphatic heterocycles. The van der Waals surface area contributed by atoms with Crippen LogP contribution in [0.15, 0.2) is 16.7 Å². The quantitative estimate of drug-likeness (QED) is 0.777. The van der Waals surface area contributed by atoms with Crippen molar-refractivity contribution in [3.63, 3.8) is 0 Å². The molecular formula is C16H22N2O4S. The van der Waals surface area contributed by atoms with E-state index in [0.717, 1.165) is 44.0 Å². The molecule has 0 N–H and O–H groups in total. The highest BCUT2D eigenvalue weighted by molar-refractivity contribution is 7.99. The molecule has 1 amide bonds. The van der Waals surface area contributed by atoms with Crippen LogP contribution >= 0.6 is 11.8 Å². The zero-order chi connectivity index (χ0) is 16.2. The van der Waals surface area contributed by atoms with Gasteiger partial charge >= 0.3 is 5.97 Å². The van der Waals surface area contributed by atoms with E-state index in [1.807, 2.05) is 16.7 Å². The molecule has 0 aromatic carbocycles. The van der Waals surface area contributed by atoms with Crippen molar-refractivity contribution in [2.45, 2.75) is 25.4 Å². The fourth-order valence-corrected chi connectivity index (χ4v) is 4.13. The summed E-state index contributed by atoms with van der Waals surface area (Å²) in [7, 11) is 1.36. The van der Waals surface area contributed by atoms with E-state index in [9.17, 15) is 9.59 Å². The van der Waals surface area contributed by atoms with Gasteiger partial charge in [0, 0.05) is 24.6 Å². The van der Waals surface area contributed by atoms with Gasteiger partial charge in [-0.15, -0.1) is 0 Å². The van der Waals surface area contributed by atoms with Crippen LogP contribution in [0.5, 0.6) is 0 Å². The third-order valence-corrected chi connectivity index (χ3v) is 5.41. The van der Waals surface area contributed by atoms with Crippen LogP contribution in [0.3, 0.4) is 0 Å². The number of methoxy groups -OCH3 is 1. The summed E-state index contributed by atoms with van der Waals surface area (Å²) in [5, 5.41) is 0. The van der Waals surface area contributed by atoms with Crippen LogP contribution < -0.4 is 0 Å². The molecule has 0 aliphatic carbocycles. The molecule has 23 heavy (non-hydrogen) atoms. The van der Waals surface area contributed by atoms with Gasteiger partial charge in [-0.2, -0.15) is 11.8 Å². The maximum atomic E-state index is 12.8. The molecule has 7 heteroatoms. The van der Waals surface area contributed by atoms with Crippen LogP contribution in [0.2, 0.25) is 0 Å². The van der Waals surface area contributed by atoms with Crippen LogP contribution in [0.25, 0.3) is 0 Å². The van der Waals surface area contributed by atoms with Gasteiger partial charge in [0.2, 0.25) is 5.91 Å². The second-order valence-electron chi connectivity index (χ2n) is 5.82. The summed E-state index contributed by atoms with van der Waals surface area (Å²) in [4.78, 5) is 28.6. The molecular weight excluding hydrogens is 316 g/mol. The van der Waals surface area contributed by atoms with Crippen LogP contribution in [-0.4, -0.2) is 66.0 Å². The van der Waals surface area contributed by atoms with Crippen molar-refractivity contribution >= 4 is 23.6 Å². The number of furan rings is 1. The van der Waals surface area contributed by atoms with E-state index in [-0.39, 0.29) is 11.9 Å². The first-order valence-corrected chi connectivity index (χ1v) is 9.11. The average molecular weight is 338 g/mol. The van der Waals surface area contributed by atoms with E-state index in [4.69, 9.17) is 9.15 Å². The third-order valence-electron chi connectivity index (χ3n) is 4.47. The molecule has 6 nitrogen and oxygen atoms in total. The van der Waals surface area contributed by atoms with Crippen molar-refractivity contribution in [1.29, 1.82) is 0 Å². The Balaban J connectivity index is 1.68. The van der Waals surface area contributed by atoms with Crippen LogP contribution in [0.4, 0.5) is 0 Å². The standard InChI is InChI=1S/C16H22N2O4S/c1-21-16(20)12-4-8-22-14(12)11-18-5-2-3-13(18)15(19)17-6-9-23-10-7-17/h4,8,13H,2-3,5-7,9-11H2,1H3/t13-/m0/s1. The number of ether oxygens (including phenoxy) is 1. The van der Waals surface area contributed by atoms with Gasteiger partial charge in [-0.05, 0) is 25.5 Å². The Kier molecular flexibility index (Phi) is 5.27. The molecule has 2 aliphatic rings. The lowest BCUT2D eigenvalue weighted by atomic mass is 10.1. The van der Waals surface area contributed by atoms with Gasteiger partial charge in [0.25, 0.3) is 0 Å². The number of esters is 1. The van der Waals surface area contributed by atoms with Gasteiger partial charge in [0.15, 0.2) is 0 Å². The monoisotopic (exact) mass is 338 g/mol. The van der Waals surface area contributed by atoms with Gasteiger partial charge in [-0.1, -0.05) is 0 Å². The highest BCUT2D eigenvalue weighted by Gasteiger charge is 2.35. The largest absolute Gasteiger partial charge is 0.467 e. The molecule has 3 rings (SSSR count). The maximum absolute atomic E-state index is 12.8. The number of amides is 1. The van der Waals surface area contributed by atoms with Crippen LogP contribution in [-0.2, 0) is 16.1 Å². The number of thioether (sulfide) groups is 1. The Morgan fingerprint density at radius 3 is 2.87 bits per heavy atom. The molecule has 0 saturated carbocycles. The number of carbonyl (C=O) groups excluding carboxylic acids is 2. The van der Waals surface area contributed by atoms with Crippen molar-refractivity contribution in [2.75, 3.05) is 38.2 Å². The lowest BCUT2D eigenvalue weighted by Crippen LogP contribution is -2.48. The number of hydrogen-bond donors (Lipinski definition) is 0. The Bertz CT molecular complexity index is 568. The van der Waals surface area contributed by atoms with Crippen LogP contribution in [0, 0.1) is 0 Å². The molecule has 1 aromatic rings. The first-order chi connectivity index (χ1) is 11.2. The summed E-state index contributed by atoms with van der Waals surface area (Å²) < 4.78 is 10.2. The number of rotatable bonds is 4. The minimum Gasteiger partial charge on any atom is -0.467 e. The van der Waals surface area contributed by atoms with Gasteiger partial charge in [-0.3, -0.25) is 9.69 Å². The molecule has 0 radical (unpaired) electrons. The van der Waals surface area contributed by atoms with E-state index in [2.05, 4.69) is 4.90 Å². The van der Waals surface area contributed by atoms with Gasteiger partial charge in [0.1, 0.15) is 11.3 Å². The van der Waals surface area contributed by atoms with E-state index in [1.165, 1.54) is 13.4 Å². The average Bonchev–Trinajstić information content (AvgIpc) is 3.24. The molecule has 3 heterocycles. The number of carbonyl (C=O) groups is 2. The molecule has 1 aromatic heterocycles. The number of likely N-dealkylation sites (tertiary alicyclic amines) is 1. The predicted molar refractivity (Wildman–Crippen MR) is 87.4 cm³/mol. The minimum atomic E-state index is -0.399. The SMILES string of the molecule is COC(=O)c1ccoc1CN1CCC[C@H]1C(=O)N1CCSCC1. The Hall–Kier alpha value is -1.47. The Morgan fingerprint density at radius 2 is 2.13 bits per heavy atom. The van der Waals surface area contributed by atoms with Crippen molar-refractivity contribution in [3.05, 3.63) is 23.7 Å². The Labute approximate surface area is 140 Å². The highest BCUT2D eigenvalue weighted by Crippen LogP contribution is 2.25. The summed E-state index contributed by atoms with van der Waals surface area (Å²) in [6, 6.07) is 1.52. The summed E-state index contributed by atoms with van der Waals surface area (Å²) in [5.41, 5.74) is 0.444. The summed E-state index contributed by atoms with van der Waals surface area (Å²) >= 11 is 1.90. The smallest absolute Gasteiger partial charge is 0.341 e. The number of nitrogens with zero attached hydrogens (tertiary/aromatic N) is 2. The molecule has 0 bridgehead atoms. The normalized spacial score (nSPS) is 22.3. The molecule has 126 valence electrons. The van der Waals surface area contributed by atoms with Gasteiger partial charge in [0.05, 0.1) is 26.0 Å². The first-order valence-electron chi connectivity index (χ1n) is 7.96. The van der Waals surface area contributed by atoms with Crippen LogP contribution in [0.1, 0.15) is 29.0 Å². The summed E-state index contributed by atoms with van der Waals surface area (Å²) in [6.07, 6.45) is 3.36. The van der Waals surface area contributed by atoms with Crippen molar-refractivity contribution < 1.29 is 18.7 Å². The molecule has 0 spiro atoms. The molecule has 2 saturated heterocycles.